The Labute approximate surface area is 124 Å². The molecular weight excluding hydrogens is 328 g/mol. The maximum absolute atomic E-state index is 12.7. The van der Waals surface area contributed by atoms with Crippen molar-refractivity contribution in [3.05, 3.63) is 22.2 Å². The number of benzene rings is 1. The lowest BCUT2D eigenvalue weighted by molar-refractivity contribution is 0.349. The van der Waals surface area contributed by atoms with Crippen LogP contribution in [0.2, 0.25) is 0 Å². The summed E-state index contributed by atoms with van der Waals surface area (Å²) >= 11 is 3.30. The monoisotopic (exact) mass is 348 g/mol. The van der Waals surface area contributed by atoms with E-state index in [9.17, 15) is 8.42 Å². The van der Waals surface area contributed by atoms with Crippen LogP contribution < -0.4 is 5.73 Å². The van der Waals surface area contributed by atoms with Crippen LogP contribution in [0.4, 0.5) is 5.69 Å². The van der Waals surface area contributed by atoms with E-state index in [0.29, 0.717) is 15.7 Å². The van der Waals surface area contributed by atoms with E-state index in [-0.39, 0.29) is 10.9 Å². The van der Waals surface area contributed by atoms with Crippen molar-refractivity contribution < 1.29 is 8.42 Å². The van der Waals surface area contributed by atoms with Gasteiger partial charge in [0.15, 0.2) is 0 Å². The number of hydrogen-bond acceptors (Lipinski definition) is 3. The highest BCUT2D eigenvalue weighted by Crippen LogP contribution is 2.29. The molecule has 4 nitrogen and oxygen atoms in total. The van der Waals surface area contributed by atoms with Gasteiger partial charge < -0.3 is 5.73 Å². The fraction of sp³-hybridized carbons (Fsp3) is 0.538. The molecule has 2 N–H and O–H groups in total. The fourth-order valence-corrected chi connectivity index (χ4v) is 4.51. The Hall–Kier alpha value is -0.590. The van der Waals surface area contributed by atoms with E-state index in [4.69, 9.17) is 5.73 Å². The first-order valence-electron chi connectivity index (χ1n) is 6.29. The van der Waals surface area contributed by atoms with Gasteiger partial charge in [-0.05, 0) is 37.5 Å². The number of nitrogens with two attached hydrogens (primary N) is 1. The molecule has 0 spiro atoms. The SMILES string of the molecule is CCC(CC)N(C)S(=O)(=O)c1cc(Br)cc(N)c1C. The van der Waals surface area contributed by atoms with Crippen molar-refractivity contribution in [2.75, 3.05) is 12.8 Å². The van der Waals surface area contributed by atoms with Gasteiger partial charge in [0.1, 0.15) is 0 Å². The zero-order valence-electron chi connectivity index (χ0n) is 11.8. The first kappa shape index (κ1) is 16.5. The van der Waals surface area contributed by atoms with E-state index < -0.39 is 10.0 Å². The molecule has 0 aliphatic rings. The van der Waals surface area contributed by atoms with Crippen LogP contribution in [-0.4, -0.2) is 25.8 Å². The molecule has 108 valence electrons. The molecule has 0 fully saturated rings. The van der Waals surface area contributed by atoms with Gasteiger partial charge in [0.25, 0.3) is 0 Å². The normalized spacial score (nSPS) is 12.4. The van der Waals surface area contributed by atoms with Gasteiger partial charge in [0.2, 0.25) is 10.0 Å². The van der Waals surface area contributed by atoms with Gasteiger partial charge in [-0.25, -0.2) is 8.42 Å². The van der Waals surface area contributed by atoms with Crippen LogP contribution in [0.1, 0.15) is 32.3 Å². The van der Waals surface area contributed by atoms with E-state index in [1.807, 2.05) is 13.8 Å². The number of hydrogen-bond donors (Lipinski definition) is 1. The zero-order chi connectivity index (χ0) is 14.8. The molecule has 1 aromatic carbocycles. The summed E-state index contributed by atoms with van der Waals surface area (Å²) in [7, 11) is -1.89. The van der Waals surface area contributed by atoms with E-state index >= 15 is 0 Å². The van der Waals surface area contributed by atoms with Crippen LogP contribution in [0.5, 0.6) is 0 Å². The summed E-state index contributed by atoms with van der Waals surface area (Å²) in [5.41, 5.74) is 6.92. The number of nitrogens with zero attached hydrogens (tertiary/aromatic N) is 1. The highest BCUT2D eigenvalue weighted by atomic mass is 79.9. The van der Waals surface area contributed by atoms with Crippen LogP contribution >= 0.6 is 15.9 Å². The van der Waals surface area contributed by atoms with E-state index in [2.05, 4.69) is 15.9 Å². The molecule has 0 aromatic heterocycles. The summed E-state index contributed by atoms with van der Waals surface area (Å²) in [4.78, 5) is 0.272. The number of halogens is 1. The van der Waals surface area contributed by atoms with Crippen molar-refractivity contribution in [3.8, 4) is 0 Å². The molecule has 0 heterocycles. The lowest BCUT2D eigenvalue weighted by Crippen LogP contribution is -2.36. The minimum Gasteiger partial charge on any atom is -0.398 e. The Kier molecular flexibility index (Phi) is 5.41. The zero-order valence-corrected chi connectivity index (χ0v) is 14.2. The fourth-order valence-electron chi connectivity index (χ4n) is 2.10. The van der Waals surface area contributed by atoms with Gasteiger partial charge in [0.05, 0.1) is 4.90 Å². The molecule has 1 aromatic rings. The van der Waals surface area contributed by atoms with Gasteiger partial charge in [-0.3, -0.25) is 0 Å². The minimum atomic E-state index is -3.51. The summed E-state index contributed by atoms with van der Waals surface area (Å²) in [5, 5.41) is 0. The first-order chi connectivity index (χ1) is 8.75. The van der Waals surface area contributed by atoms with Gasteiger partial charge in [0, 0.05) is 23.2 Å². The quantitative estimate of drug-likeness (QED) is 0.831. The summed E-state index contributed by atoms with van der Waals surface area (Å²) < 4.78 is 27.5. The minimum absolute atomic E-state index is 0.00426. The second-order valence-corrected chi connectivity index (χ2v) is 7.49. The predicted molar refractivity (Wildman–Crippen MR) is 82.6 cm³/mol. The third kappa shape index (κ3) is 3.30. The largest absolute Gasteiger partial charge is 0.398 e. The first-order valence-corrected chi connectivity index (χ1v) is 8.52. The molecule has 0 unspecified atom stereocenters. The van der Waals surface area contributed by atoms with Crippen LogP contribution in [0, 0.1) is 6.92 Å². The molecule has 0 amide bonds. The highest BCUT2D eigenvalue weighted by molar-refractivity contribution is 9.10. The molecule has 0 saturated carbocycles. The van der Waals surface area contributed by atoms with Crippen molar-refractivity contribution in [3.63, 3.8) is 0 Å². The molecule has 0 radical (unpaired) electrons. The van der Waals surface area contributed by atoms with Crippen LogP contribution in [0.15, 0.2) is 21.5 Å². The Morgan fingerprint density at radius 2 is 1.84 bits per heavy atom. The molecular formula is C13H21BrN2O2S. The van der Waals surface area contributed by atoms with Crippen LogP contribution in [-0.2, 0) is 10.0 Å². The second-order valence-electron chi connectivity index (χ2n) is 4.61. The maximum atomic E-state index is 12.7. The Morgan fingerprint density at radius 1 is 1.32 bits per heavy atom. The lowest BCUT2D eigenvalue weighted by Gasteiger charge is -2.26. The van der Waals surface area contributed by atoms with Crippen molar-refractivity contribution in [1.82, 2.24) is 4.31 Å². The lowest BCUT2D eigenvalue weighted by atomic mass is 10.2. The maximum Gasteiger partial charge on any atom is 0.243 e. The summed E-state index contributed by atoms with van der Waals surface area (Å²) in [6, 6.07) is 3.33. The predicted octanol–water partition coefficient (Wildman–Crippen LogP) is 3.15. The average Bonchev–Trinajstić information content (AvgIpc) is 2.34. The highest BCUT2D eigenvalue weighted by Gasteiger charge is 2.28. The standard InChI is InChI=1S/C13H21BrN2O2S/c1-5-11(6-2)16(4)19(17,18)13-8-10(14)7-12(15)9(13)3/h7-8,11H,5-6,15H2,1-4H3. The van der Waals surface area contributed by atoms with E-state index in [0.717, 1.165) is 12.8 Å². The summed E-state index contributed by atoms with van der Waals surface area (Å²) in [6.07, 6.45) is 1.57. The van der Waals surface area contributed by atoms with Crippen molar-refractivity contribution in [1.29, 1.82) is 0 Å². The van der Waals surface area contributed by atoms with Crippen molar-refractivity contribution >= 4 is 31.6 Å². The average molecular weight is 349 g/mol. The molecule has 19 heavy (non-hydrogen) atoms. The van der Waals surface area contributed by atoms with Gasteiger partial charge in [-0.2, -0.15) is 4.31 Å². The number of sulfonamides is 1. The third-order valence-corrected chi connectivity index (χ3v) is 5.97. The molecule has 0 aliphatic heterocycles. The smallest absolute Gasteiger partial charge is 0.243 e. The molecule has 0 atom stereocenters. The number of nitrogen functional groups attached to an aromatic ring is 1. The van der Waals surface area contributed by atoms with Gasteiger partial charge in [-0.15, -0.1) is 0 Å². The molecule has 0 saturated heterocycles. The molecule has 0 bridgehead atoms. The van der Waals surface area contributed by atoms with Crippen LogP contribution in [0.25, 0.3) is 0 Å². The van der Waals surface area contributed by atoms with E-state index in [1.54, 1.807) is 26.1 Å². The van der Waals surface area contributed by atoms with Crippen molar-refractivity contribution in [2.45, 2.75) is 44.6 Å². The summed E-state index contributed by atoms with van der Waals surface area (Å²) in [6.45, 7) is 5.71. The molecule has 0 aliphatic carbocycles. The number of anilines is 1. The Balaban J connectivity index is 3.35. The summed E-state index contributed by atoms with van der Waals surface area (Å²) in [5.74, 6) is 0. The van der Waals surface area contributed by atoms with Gasteiger partial charge >= 0.3 is 0 Å². The third-order valence-electron chi connectivity index (χ3n) is 3.48. The Bertz CT molecular complexity index is 554. The van der Waals surface area contributed by atoms with Gasteiger partial charge in [-0.1, -0.05) is 29.8 Å². The number of rotatable bonds is 5. The van der Waals surface area contributed by atoms with Crippen LogP contribution in [0.3, 0.4) is 0 Å². The molecule has 6 heteroatoms. The topological polar surface area (TPSA) is 63.4 Å². The molecule has 1 rings (SSSR count). The second kappa shape index (κ2) is 6.24. The van der Waals surface area contributed by atoms with E-state index in [1.165, 1.54) is 4.31 Å². The van der Waals surface area contributed by atoms with Crippen molar-refractivity contribution in [2.24, 2.45) is 0 Å². The Morgan fingerprint density at radius 3 is 2.32 bits per heavy atom.